The van der Waals surface area contributed by atoms with Gasteiger partial charge in [0.05, 0.1) is 25.9 Å². The summed E-state index contributed by atoms with van der Waals surface area (Å²) in [6.45, 7) is 2.11. The first-order valence-corrected chi connectivity index (χ1v) is 6.74. The monoisotopic (exact) mass is 278 g/mol. The van der Waals surface area contributed by atoms with E-state index in [4.69, 9.17) is 4.74 Å². The average molecular weight is 278 g/mol. The van der Waals surface area contributed by atoms with E-state index in [1.165, 1.54) is 7.11 Å². The van der Waals surface area contributed by atoms with Crippen LogP contribution in [-0.2, 0) is 19.6 Å². The predicted octanol–water partition coefficient (Wildman–Crippen LogP) is -0.492. The fourth-order valence-corrected chi connectivity index (χ4v) is 1.93. The molecule has 0 fully saturated rings. The van der Waals surface area contributed by atoms with Gasteiger partial charge in [-0.3, -0.25) is 9.52 Å². The molecule has 0 amide bonds. The molecule has 2 N–H and O–H groups in total. The first-order chi connectivity index (χ1) is 8.46. The summed E-state index contributed by atoms with van der Waals surface area (Å²) in [5.74, 6) is -1.07. The molecule has 10 heteroatoms. The summed E-state index contributed by atoms with van der Waals surface area (Å²) in [7, 11) is -2.49. The highest BCUT2D eigenvalue weighted by Gasteiger charge is 2.16. The molecular formula is C8H14N4O5S. The van der Waals surface area contributed by atoms with E-state index in [9.17, 15) is 13.2 Å². The number of anilines is 1. The molecule has 18 heavy (non-hydrogen) atoms. The highest BCUT2D eigenvalue weighted by atomic mass is 32.2. The maximum atomic E-state index is 11.5. The Morgan fingerprint density at radius 2 is 2.22 bits per heavy atom. The van der Waals surface area contributed by atoms with Gasteiger partial charge in [-0.15, -0.1) is 5.10 Å². The second-order valence-electron chi connectivity index (χ2n) is 3.15. The molecule has 0 atom stereocenters. The minimum absolute atomic E-state index is 0.0446. The molecule has 0 radical (unpaired) electrons. The van der Waals surface area contributed by atoms with Crippen LogP contribution in [-0.4, -0.2) is 49.0 Å². The molecule has 0 aromatic carbocycles. The summed E-state index contributed by atoms with van der Waals surface area (Å²) in [4.78, 5) is 14.6. The third kappa shape index (κ3) is 4.57. The van der Waals surface area contributed by atoms with Crippen molar-refractivity contribution in [2.45, 2.75) is 13.3 Å². The molecule has 1 rings (SSSR count). The van der Waals surface area contributed by atoms with Crippen LogP contribution in [0.2, 0.25) is 0 Å². The smallest absolute Gasteiger partial charge is 0.337 e. The van der Waals surface area contributed by atoms with E-state index in [0.29, 0.717) is 6.61 Å². The van der Waals surface area contributed by atoms with Crippen LogP contribution in [0.25, 0.3) is 0 Å². The number of carbonyl (C=O) groups excluding carboxylic acids is 1. The van der Waals surface area contributed by atoms with E-state index in [1.54, 1.807) is 6.92 Å². The third-order valence-corrected chi connectivity index (χ3v) is 3.04. The van der Waals surface area contributed by atoms with E-state index in [2.05, 4.69) is 24.6 Å². The van der Waals surface area contributed by atoms with Gasteiger partial charge in [0.2, 0.25) is 16.0 Å². The van der Waals surface area contributed by atoms with Gasteiger partial charge in [0.15, 0.2) is 0 Å². The topological polar surface area (TPSA) is 123 Å². The van der Waals surface area contributed by atoms with Crippen LogP contribution in [0.4, 0.5) is 5.95 Å². The molecule has 0 bridgehead atoms. The molecule has 0 aliphatic rings. The van der Waals surface area contributed by atoms with Crippen molar-refractivity contribution in [3.8, 4) is 6.01 Å². The molecule has 0 saturated heterocycles. The molecule has 0 aliphatic heterocycles. The molecule has 0 spiro atoms. The number of sulfonamides is 1. The van der Waals surface area contributed by atoms with E-state index in [0.717, 1.165) is 0 Å². The van der Waals surface area contributed by atoms with E-state index < -0.39 is 21.7 Å². The predicted molar refractivity (Wildman–Crippen MR) is 61.6 cm³/mol. The Hall–Kier alpha value is -1.84. The minimum Gasteiger partial charge on any atom is -0.469 e. The van der Waals surface area contributed by atoms with Crippen molar-refractivity contribution in [3.05, 3.63) is 0 Å². The zero-order valence-corrected chi connectivity index (χ0v) is 10.8. The van der Waals surface area contributed by atoms with Crippen molar-refractivity contribution in [1.82, 2.24) is 15.2 Å². The average Bonchev–Trinajstić information content (AvgIpc) is 2.73. The zero-order chi connectivity index (χ0) is 13.6. The van der Waals surface area contributed by atoms with Crippen LogP contribution in [0.5, 0.6) is 6.01 Å². The molecule has 0 saturated carbocycles. The van der Waals surface area contributed by atoms with E-state index >= 15 is 0 Å². The number of hydrogen-bond donors (Lipinski definition) is 2. The summed E-state index contributed by atoms with van der Waals surface area (Å²) in [5, 5.41) is 5.98. The van der Waals surface area contributed by atoms with Gasteiger partial charge >= 0.3 is 12.0 Å². The van der Waals surface area contributed by atoms with Gasteiger partial charge in [-0.05, 0) is 6.92 Å². The number of H-pyrrole nitrogens is 1. The van der Waals surface area contributed by atoms with Crippen LogP contribution >= 0.6 is 0 Å². The number of hydrogen-bond acceptors (Lipinski definition) is 7. The maximum absolute atomic E-state index is 11.5. The maximum Gasteiger partial charge on any atom is 0.337 e. The Morgan fingerprint density at radius 1 is 1.50 bits per heavy atom. The lowest BCUT2D eigenvalue weighted by Crippen LogP contribution is -2.20. The van der Waals surface area contributed by atoms with E-state index in [-0.39, 0.29) is 18.4 Å². The molecule has 1 aromatic heterocycles. The Kier molecular flexibility index (Phi) is 4.89. The van der Waals surface area contributed by atoms with Crippen molar-refractivity contribution in [2.75, 3.05) is 24.2 Å². The zero-order valence-electron chi connectivity index (χ0n) is 9.97. The number of nitrogens with zero attached hydrogens (tertiary/aromatic N) is 2. The number of carbonyl (C=O) groups is 1. The minimum atomic E-state index is -3.68. The Bertz CT molecular complexity index is 497. The second kappa shape index (κ2) is 6.19. The highest BCUT2D eigenvalue weighted by Crippen LogP contribution is 2.08. The SMILES string of the molecule is CCOc1n[nH]c(NS(=O)(=O)CCC(=O)OC)n1. The van der Waals surface area contributed by atoms with Gasteiger partial charge < -0.3 is 9.47 Å². The number of aromatic nitrogens is 3. The second-order valence-corrected chi connectivity index (χ2v) is 4.99. The van der Waals surface area contributed by atoms with Crippen molar-refractivity contribution in [1.29, 1.82) is 0 Å². The molecule has 102 valence electrons. The third-order valence-electron chi connectivity index (χ3n) is 1.79. The van der Waals surface area contributed by atoms with Crippen LogP contribution in [0, 0.1) is 0 Å². The van der Waals surface area contributed by atoms with Gasteiger partial charge in [0, 0.05) is 0 Å². The number of ether oxygens (including phenoxy) is 2. The number of esters is 1. The lowest BCUT2D eigenvalue weighted by atomic mass is 10.5. The van der Waals surface area contributed by atoms with Crippen molar-refractivity contribution >= 4 is 21.9 Å². The first-order valence-electron chi connectivity index (χ1n) is 5.09. The van der Waals surface area contributed by atoms with Gasteiger partial charge in [-0.25, -0.2) is 13.5 Å². The summed E-state index contributed by atoms with van der Waals surface area (Å²) in [6.07, 6.45) is -0.238. The Labute approximate surface area is 104 Å². The number of nitrogens with one attached hydrogen (secondary N) is 2. The molecule has 0 aliphatic carbocycles. The van der Waals surface area contributed by atoms with Crippen molar-refractivity contribution < 1.29 is 22.7 Å². The summed E-state index contributed by atoms with van der Waals surface area (Å²) >= 11 is 0. The molecule has 1 aromatic rings. The summed E-state index contributed by atoms with van der Waals surface area (Å²) in [6, 6.07) is 0.0446. The lowest BCUT2D eigenvalue weighted by molar-refractivity contribution is -0.140. The number of methoxy groups -OCH3 is 1. The Balaban J connectivity index is 2.56. The summed E-state index contributed by atoms with van der Waals surface area (Å²) < 4.78 is 34.5. The van der Waals surface area contributed by atoms with Crippen molar-refractivity contribution in [2.24, 2.45) is 0 Å². The Morgan fingerprint density at radius 3 is 2.83 bits per heavy atom. The van der Waals surface area contributed by atoms with Crippen LogP contribution in [0.15, 0.2) is 0 Å². The normalized spacial score (nSPS) is 11.0. The molecule has 9 nitrogen and oxygen atoms in total. The quantitative estimate of drug-likeness (QED) is 0.645. The molecular weight excluding hydrogens is 264 g/mol. The van der Waals surface area contributed by atoms with Gasteiger partial charge in [0.25, 0.3) is 0 Å². The first kappa shape index (κ1) is 14.2. The van der Waals surface area contributed by atoms with Crippen LogP contribution in [0.1, 0.15) is 13.3 Å². The highest BCUT2D eigenvalue weighted by molar-refractivity contribution is 7.92. The van der Waals surface area contributed by atoms with Crippen LogP contribution in [0.3, 0.4) is 0 Å². The lowest BCUT2D eigenvalue weighted by Gasteiger charge is -2.03. The molecule has 0 unspecified atom stereocenters. The number of rotatable bonds is 7. The number of aromatic amines is 1. The van der Waals surface area contributed by atoms with Gasteiger partial charge in [0.1, 0.15) is 0 Å². The fraction of sp³-hybridized carbons (Fsp3) is 0.625. The molecule has 1 heterocycles. The van der Waals surface area contributed by atoms with Crippen molar-refractivity contribution in [3.63, 3.8) is 0 Å². The largest absolute Gasteiger partial charge is 0.469 e. The van der Waals surface area contributed by atoms with Gasteiger partial charge in [-0.1, -0.05) is 0 Å². The standard InChI is InChI=1S/C8H14N4O5S/c1-3-17-8-9-7(10-11-8)12-18(14,15)5-4-6(13)16-2/h3-5H2,1-2H3,(H2,9,10,11,12). The van der Waals surface area contributed by atoms with E-state index in [1.807, 2.05) is 0 Å². The van der Waals surface area contributed by atoms with Gasteiger partial charge in [-0.2, -0.15) is 4.98 Å². The van der Waals surface area contributed by atoms with Crippen LogP contribution < -0.4 is 9.46 Å². The fourth-order valence-electron chi connectivity index (χ4n) is 1.00. The summed E-state index contributed by atoms with van der Waals surface area (Å²) in [5.41, 5.74) is 0.